The van der Waals surface area contributed by atoms with Gasteiger partial charge in [-0.3, -0.25) is 4.79 Å². The molecule has 0 aliphatic heterocycles. The molecule has 0 spiro atoms. The molecular weight excluding hydrogens is 342 g/mol. The quantitative estimate of drug-likeness (QED) is 0.728. The van der Waals surface area contributed by atoms with Gasteiger partial charge in [-0.05, 0) is 48.4 Å². The van der Waals surface area contributed by atoms with Crippen molar-refractivity contribution in [1.82, 2.24) is 5.32 Å². The molecule has 1 N–H and O–H groups in total. The fourth-order valence-corrected chi connectivity index (χ4v) is 3.35. The topological polar surface area (TPSA) is 56.8 Å². The van der Waals surface area contributed by atoms with E-state index in [9.17, 15) is 4.79 Å². The molecule has 0 heterocycles. The highest BCUT2D eigenvalue weighted by atomic mass is 16.5. The minimum Gasteiger partial charge on any atom is -0.493 e. The highest BCUT2D eigenvalue weighted by Gasteiger charge is 2.33. The number of carbonyl (C=O) groups is 1. The second-order valence-corrected chi connectivity index (χ2v) is 6.83. The molecule has 0 radical (unpaired) electrons. The Morgan fingerprint density at radius 3 is 2.19 bits per heavy atom. The van der Waals surface area contributed by atoms with Gasteiger partial charge in [0.25, 0.3) is 0 Å². The molecule has 1 amide bonds. The number of ether oxygens (including phenoxy) is 3. The Morgan fingerprint density at radius 2 is 1.67 bits per heavy atom. The van der Waals surface area contributed by atoms with E-state index in [1.807, 2.05) is 30.3 Å². The number of hydrogen-bond donors (Lipinski definition) is 1. The number of methoxy groups -OCH3 is 3. The molecule has 27 heavy (non-hydrogen) atoms. The molecular formula is C22H27NO4. The summed E-state index contributed by atoms with van der Waals surface area (Å²) in [5.41, 5.74) is 2.16. The van der Waals surface area contributed by atoms with Crippen molar-refractivity contribution in [2.45, 2.75) is 31.7 Å². The van der Waals surface area contributed by atoms with Crippen LogP contribution in [0.1, 0.15) is 36.4 Å². The lowest BCUT2D eigenvalue weighted by Crippen LogP contribution is -2.30. The number of aryl methyl sites for hydroxylation is 1. The van der Waals surface area contributed by atoms with Gasteiger partial charge in [-0.2, -0.15) is 0 Å². The zero-order valence-electron chi connectivity index (χ0n) is 16.2. The molecule has 0 bridgehead atoms. The number of benzene rings is 2. The first-order valence-corrected chi connectivity index (χ1v) is 9.29. The average molecular weight is 369 g/mol. The van der Waals surface area contributed by atoms with Crippen LogP contribution in [0.25, 0.3) is 0 Å². The summed E-state index contributed by atoms with van der Waals surface area (Å²) in [6, 6.07) is 14.1. The van der Waals surface area contributed by atoms with Gasteiger partial charge in [0.1, 0.15) is 0 Å². The number of amides is 1. The van der Waals surface area contributed by atoms with Crippen molar-refractivity contribution in [2.24, 2.45) is 5.92 Å². The van der Waals surface area contributed by atoms with Crippen molar-refractivity contribution in [3.63, 3.8) is 0 Å². The van der Waals surface area contributed by atoms with Gasteiger partial charge in [0.2, 0.25) is 11.7 Å². The van der Waals surface area contributed by atoms with Crippen molar-refractivity contribution in [3.05, 3.63) is 53.6 Å². The maximum absolute atomic E-state index is 12.6. The first-order chi connectivity index (χ1) is 13.2. The van der Waals surface area contributed by atoms with Gasteiger partial charge in [0.05, 0.1) is 27.4 Å². The molecule has 1 aliphatic carbocycles. The van der Waals surface area contributed by atoms with Crippen LogP contribution in [0.2, 0.25) is 0 Å². The predicted octanol–water partition coefficient (Wildman–Crippen LogP) is 3.91. The third kappa shape index (κ3) is 4.73. The first-order valence-electron chi connectivity index (χ1n) is 9.29. The Labute approximate surface area is 160 Å². The van der Waals surface area contributed by atoms with Gasteiger partial charge >= 0.3 is 0 Å². The van der Waals surface area contributed by atoms with Crippen molar-refractivity contribution in [3.8, 4) is 17.2 Å². The zero-order valence-corrected chi connectivity index (χ0v) is 16.2. The molecule has 0 unspecified atom stereocenters. The van der Waals surface area contributed by atoms with Crippen molar-refractivity contribution in [2.75, 3.05) is 21.3 Å². The van der Waals surface area contributed by atoms with Crippen LogP contribution in [-0.4, -0.2) is 27.2 Å². The van der Waals surface area contributed by atoms with Gasteiger partial charge in [0, 0.05) is 6.42 Å². The van der Waals surface area contributed by atoms with Crippen molar-refractivity contribution >= 4 is 5.91 Å². The van der Waals surface area contributed by atoms with E-state index in [2.05, 4.69) is 17.4 Å². The largest absolute Gasteiger partial charge is 0.493 e. The van der Waals surface area contributed by atoms with Gasteiger partial charge in [-0.15, -0.1) is 0 Å². The second-order valence-electron chi connectivity index (χ2n) is 6.83. The Bertz CT molecular complexity index is 746. The van der Waals surface area contributed by atoms with E-state index >= 15 is 0 Å². The van der Waals surface area contributed by atoms with E-state index in [1.165, 1.54) is 18.4 Å². The third-order valence-corrected chi connectivity index (χ3v) is 4.93. The van der Waals surface area contributed by atoms with E-state index in [-0.39, 0.29) is 11.9 Å². The van der Waals surface area contributed by atoms with E-state index in [0.29, 0.717) is 36.0 Å². The van der Waals surface area contributed by atoms with Crippen LogP contribution in [0.15, 0.2) is 42.5 Å². The van der Waals surface area contributed by atoms with Gasteiger partial charge in [0.15, 0.2) is 11.5 Å². The number of carbonyl (C=O) groups excluding carboxylic acids is 1. The van der Waals surface area contributed by atoms with Crippen LogP contribution in [0.4, 0.5) is 0 Å². The number of nitrogens with one attached hydrogen (secondary N) is 1. The maximum atomic E-state index is 12.6. The van der Waals surface area contributed by atoms with E-state index < -0.39 is 0 Å². The standard InChI is InChI=1S/C22H27NO4/c1-25-18-13-15(14-19(26-2)22(18)27-3)9-12-20(24)23-21(17-10-11-17)16-7-5-4-6-8-16/h4-8,13-14,17,21H,9-12H2,1-3H3,(H,23,24)/t21-/m1/s1. The summed E-state index contributed by atoms with van der Waals surface area (Å²) in [7, 11) is 4.76. The van der Waals surface area contributed by atoms with Crippen molar-refractivity contribution in [1.29, 1.82) is 0 Å². The molecule has 1 fully saturated rings. The van der Waals surface area contributed by atoms with Crippen LogP contribution >= 0.6 is 0 Å². The molecule has 0 saturated heterocycles. The normalized spacial score (nSPS) is 14.3. The van der Waals surface area contributed by atoms with Crippen LogP contribution < -0.4 is 19.5 Å². The minimum absolute atomic E-state index is 0.0597. The fraction of sp³-hybridized carbons (Fsp3) is 0.409. The second kappa shape index (κ2) is 8.80. The Kier molecular flexibility index (Phi) is 6.22. The monoisotopic (exact) mass is 369 g/mol. The summed E-state index contributed by atoms with van der Waals surface area (Å²) < 4.78 is 16.1. The highest BCUT2D eigenvalue weighted by Crippen LogP contribution is 2.41. The molecule has 0 aromatic heterocycles. The predicted molar refractivity (Wildman–Crippen MR) is 104 cm³/mol. The zero-order chi connectivity index (χ0) is 19.2. The first kappa shape index (κ1) is 19.1. The molecule has 1 aliphatic rings. The maximum Gasteiger partial charge on any atom is 0.220 e. The van der Waals surface area contributed by atoms with Crippen molar-refractivity contribution < 1.29 is 19.0 Å². The van der Waals surface area contributed by atoms with E-state index in [0.717, 1.165) is 5.56 Å². The van der Waals surface area contributed by atoms with E-state index in [1.54, 1.807) is 21.3 Å². The summed E-state index contributed by atoms with van der Waals surface area (Å²) in [6.45, 7) is 0. The number of rotatable bonds is 9. The Hall–Kier alpha value is -2.69. The molecule has 1 saturated carbocycles. The van der Waals surface area contributed by atoms with Crippen LogP contribution in [0.5, 0.6) is 17.2 Å². The molecule has 2 aromatic carbocycles. The lowest BCUT2D eigenvalue weighted by Gasteiger charge is -2.19. The summed E-state index contributed by atoms with van der Waals surface area (Å²) in [6.07, 6.45) is 3.36. The molecule has 3 rings (SSSR count). The summed E-state index contributed by atoms with van der Waals surface area (Å²) >= 11 is 0. The van der Waals surface area contributed by atoms with E-state index in [4.69, 9.17) is 14.2 Å². The highest BCUT2D eigenvalue weighted by molar-refractivity contribution is 5.77. The summed E-state index contributed by atoms with van der Waals surface area (Å²) in [4.78, 5) is 12.6. The lowest BCUT2D eigenvalue weighted by atomic mass is 10.0. The third-order valence-electron chi connectivity index (χ3n) is 4.93. The molecule has 5 nitrogen and oxygen atoms in total. The van der Waals surface area contributed by atoms with Crippen LogP contribution in [-0.2, 0) is 11.2 Å². The van der Waals surface area contributed by atoms with Gasteiger partial charge < -0.3 is 19.5 Å². The van der Waals surface area contributed by atoms with Gasteiger partial charge in [-0.1, -0.05) is 30.3 Å². The fourth-order valence-electron chi connectivity index (χ4n) is 3.35. The Morgan fingerprint density at radius 1 is 1.04 bits per heavy atom. The van der Waals surface area contributed by atoms with Gasteiger partial charge in [-0.25, -0.2) is 0 Å². The average Bonchev–Trinajstić information content (AvgIpc) is 3.55. The summed E-state index contributed by atoms with van der Waals surface area (Å²) in [5, 5.41) is 3.22. The molecule has 144 valence electrons. The number of hydrogen-bond acceptors (Lipinski definition) is 4. The minimum atomic E-state index is 0.0597. The molecule has 5 heteroatoms. The Balaban J connectivity index is 1.65. The lowest BCUT2D eigenvalue weighted by molar-refractivity contribution is -0.122. The molecule has 2 aromatic rings. The SMILES string of the molecule is COc1cc(CCC(=O)N[C@H](c2ccccc2)C2CC2)cc(OC)c1OC. The summed E-state index contributed by atoms with van der Waals surface area (Å²) in [5.74, 6) is 2.38. The molecule has 1 atom stereocenters. The van der Waals surface area contributed by atoms with Crippen LogP contribution in [0, 0.1) is 5.92 Å². The smallest absolute Gasteiger partial charge is 0.220 e. The van der Waals surface area contributed by atoms with Crippen LogP contribution in [0.3, 0.4) is 0 Å².